The quantitative estimate of drug-likeness (QED) is 0.115. The summed E-state index contributed by atoms with van der Waals surface area (Å²) >= 11 is 0. The second-order valence-corrected chi connectivity index (χ2v) is 13.5. The van der Waals surface area contributed by atoms with Gasteiger partial charge in [-0.15, -0.1) is 12.4 Å². The van der Waals surface area contributed by atoms with Crippen molar-refractivity contribution >= 4 is 53.4 Å². The summed E-state index contributed by atoms with van der Waals surface area (Å²) in [4.78, 5) is 45.6. The van der Waals surface area contributed by atoms with Crippen molar-refractivity contribution in [1.29, 1.82) is 0 Å². The molecule has 16 nitrogen and oxygen atoms in total. The molecule has 3 aromatic rings. The lowest BCUT2D eigenvalue weighted by Crippen LogP contribution is -2.54. The number of nitrogens with one attached hydrogen (secondary N) is 3. The molecule has 2 aliphatic heterocycles. The number of aromatic nitrogens is 3. The Balaban J connectivity index is 0.00000605. The van der Waals surface area contributed by atoms with Crippen LogP contribution in [0.5, 0.6) is 0 Å². The van der Waals surface area contributed by atoms with E-state index in [2.05, 4.69) is 34.7 Å². The molecule has 5 atom stereocenters. The van der Waals surface area contributed by atoms with Gasteiger partial charge in [-0.2, -0.15) is 15.0 Å². The highest BCUT2D eigenvalue weighted by atomic mass is 35.5. The van der Waals surface area contributed by atoms with Crippen molar-refractivity contribution in [3.8, 4) is 0 Å². The minimum absolute atomic E-state index is 0. The summed E-state index contributed by atoms with van der Waals surface area (Å²) in [5.41, 5.74) is 27.4. The minimum Gasteiger partial charge on any atom is -0.388 e. The van der Waals surface area contributed by atoms with Crippen molar-refractivity contribution in [2.24, 2.45) is 22.9 Å². The fourth-order valence-corrected chi connectivity index (χ4v) is 6.47. The molecule has 2 aliphatic rings. The average molecular weight is 740 g/mol. The van der Waals surface area contributed by atoms with Crippen molar-refractivity contribution < 1.29 is 14.7 Å². The summed E-state index contributed by atoms with van der Waals surface area (Å²) in [6.45, 7) is 9.64. The van der Waals surface area contributed by atoms with E-state index in [0.29, 0.717) is 73.1 Å². The Kier molecular flexibility index (Phi) is 14.9. The smallest absolute Gasteiger partial charge is 0.251 e. The lowest BCUT2D eigenvalue weighted by molar-refractivity contribution is -0.118. The van der Waals surface area contributed by atoms with Crippen LogP contribution in [0.15, 0.2) is 48.5 Å². The highest BCUT2D eigenvalue weighted by Gasteiger charge is 2.29. The van der Waals surface area contributed by atoms with Gasteiger partial charge in [0.25, 0.3) is 5.91 Å². The van der Waals surface area contributed by atoms with Gasteiger partial charge in [0.2, 0.25) is 23.8 Å². The van der Waals surface area contributed by atoms with E-state index >= 15 is 0 Å². The van der Waals surface area contributed by atoms with Gasteiger partial charge in [-0.3, -0.25) is 9.59 Å². The number of aliphatic hydroxyl groups is 1. The summed E-state index contributed by atoms with van der Waals surface area (Å²) in [5, 5.41) is 19.8. The van der Waals surface area contributed by atoms with Gasteiger partial charge in [0.1, 0.15) is 0 Å². The zero-order valence-corrected chi connectivity index (χ0v) is 30.8. The molecule has 1 unspecified atom stereocenters. The summed E-state index contributed by atoms with van der Waals surface area (Å²) in [5.74, 6) is 0.718. The Labute approximate surface area is 311 Å². The van der Waals surface area contributed by atoms with E-state index in [9.17, 15) is 14.7 Å². The number of rotatable bonds is 14. The van der Waals surface area contributed by atoms with Crippen LogP contribution >= 0.6 is 12.4 Å². The van der Waals surface area contributed by atoms with E-state index in [1.165, 1.54) is 0 Å². The number of hydrogen-bond donors (Lipinski definition) is 8. The number of nitrogens with zero attached hydrogens (tertiary/aromatic N) is 6. The van der Waals surface area contributed by atoms with Crippen LogP contribution in [0, 0.1) is 0 Å². The molecule has 0 spiro atoms. The van der Waals surface area contributed by atoms with Crippen LogP contribution in [-0.2, 0) is 4.79 Å². The second kappa shape index (κ2) is 19.1. The van der Waals surface area contributed by atoms with Gasteiger partial charge in [0.05, 0.1) is 12.5 Å². The highest BCUT2D eigenvalue weighted by Crippen LogP contribution is 2.25. The van der Waals surface area contributed by atoms with Crippen LogP contribution in [0.1, 0.15) is 55.1 Å². The van der Waals surface area contributed by atoms with Gasteiger partial charge in [0.15, 0.2) is 0 Å². The molecule has 1 aromatic heterocycles. The van der Waals surface area contributed by atoms with Crippen LogP contribution in [0.2, 0.25) is 0 Å². The Bertz CT molecular complexity index is 1530. The van der Waals surface area contributed by atoms with Gasteiger partial charge >= 0.3 is 0 Å². The van der Waals surface area contributed by atoms with Crippen molar-refractivity contribution in [3.63, 3.8) is 0 Å². The molecule has 5 rings (SSSR count). The van der Waals surface area contributed by atoms with E-state index in [0.717, 1.165) is 32.5 Å². The Morgan fingerprint density at radius 1 is 0.808 bits per heavy atom. The first-order chi connectivity index (χ1) is 24.5. The molecule has 3 heterocycles. The number of amides is 2. The normalized spacial score (nSPS) is 20.9. The van der Waals surface area contributed by atoms with E-state index in [4.69, 9.17) is 37.9 Å². The first-order valence-corrected chi connectivity index (χ1v) is 17.7. The molecule has 52 heavy (non-hydrogen) atoms. The number of piperidine rings is 2. The molecule has 12 N–H and O–H groups in total. The summed E-state index contributed by atoms with van der Waals surface area (Å²) < 4.78 is 0. The number of anilines is 5. The number of benzene rings is 2. The Hall–Kier alpha value is -4.16. The minimum atomic E-state index is -1.04. The number of carbonyl (C=O) groups excluding carboxylic acids is 2. The number of carbonyl (C=O) groups is 2. The third kappa shape index (κ3) is 11.4. The molecule has 0 radical (unpaired) electrons. The maximum atomic E-state index is 12.8. The second-order valence-electron chi connectivity index (χ2n) is 13.5. The Morgan fingerprint density at radius 3 is 1.81 bits per heavy atom. The first-order valence-electron chi connectivity index (χ1n) is 17.7. The third-order valence-corrected chi connectivity index (χ3v) is 9.18. The molecule has 284 valence electrons. The summed E-state index contributed by atoms with van der Waals surface area (Å²) in [7, 11) is 0. The zero-order valence-electron chi connectivity index (χ0n) is 29.9. The van der Waals surface area contributed by atoms with E-state index in [1.807, 2.05) is 9.80 Å². The van der Waals surface area contributed by atoms with Crippen molar-refractivity contribution in [1.82, 2.24) is 25.2 Å². The summed E-state index contributed by atoms with van der Waals surface area (Å²) in [6, 6.07) is 13.3. The standard InChI is InChI=1S/C35H53N13O3.ClH/c1-3-46(4-2)14-13-40-32(51)23-7-11-28(12-8-23)41-31(50)17-30(49)22-5-9-29(10-6-22)42-33-43-34(47-18-24(36)15-25(37)19-47)45-35(44-33)48-20-26(38)16-27(39)21-48;/h5-12,24-27,30,49H,3-4,13-21,36-39H2,1-2H3,(H,40,51)(H,41,50)(H,42,43,44,45);1H/t24-,25+,26-,27+,30?;. The van der Waals surface area contributed by atoms with E-state index in [-0.39, 0.29) is 54.8 Å². The number of hydrogen-bond acceptors (Lipinski definition) is 14. The van der Waals surface area contributed by atoms with Crippen LogP contribution in [0.3, 0.4) is 0 Å². The van der Waals surface area contributed by atoms with E-state index in [1.54, 1.807) is 48.5 Å². The van der Waals surface area contributed by atoms with Crippen LogP contribution in [0.25, 0.3) is 0 Å². The molecule has 0 aliphatic carbocycles. The van der Waals surface area contributed by atoms with Gasteiger partial charge in [0, 0.05) is 80.4 Å². The first kappa shape index (κ1) is 40.6. The zero-order chi connectivity index (χ0) is 36.5. The van der Waals surface area contributed by atoms with E-state index < -0.39 is 6.10 Å². The molecule has 17 heteroatoms. The van der Waals surface area contributed by atoms with Gasteiger partial charge in [-0.05, 0) is 67.9 Å². The van der Waals surface area contributed by atoms with Gasteiger partial charge < -0.3 is 58.7 Å². The van der Waals surface area contributed by atoms with Crippen molar-refractivity contribution in [2.45, 2.75) is 63.4 Å². The molecular weight excluding hydrogens is 686 g/mol. The topological polar surface area (TPSA) is 243 Å². The number of aliphatic hydroxyl groups excluding tert-OH is 1. The van der Waals surface area contributed by atoms with Crippen molar-refractivity contribution in [2.75, 3.05) is 72.8 Å². The SMILES string of the molecule is CCN(CC)CCNC(=O)c1ccc(NC(=O)CC(O)c2ccc(Nc3nc(N4C[C@H](N)C[C@H](N)C4)nc(N4C[C@H](N)C[C@H](N)C4)n3)cc2)cc1.Cl. The average Bonchev–Trinajstić information content (AvgIpc) is 3.09. The number of halogens is 1. The third-order valence-electron chi connectivity index (χ3n) is 9.18. The predicted molar refractivity (Wildman–Crippen MR) is 207 cm³/mol. The Morgan fingerprint density at radius 2 is 1.31 bits per heavy atom. The molecule has 2 amide bonds. The molecular formula is C35H54ClN13O3. The maximum absolute atomic E-state index is 12.8. The maximum Gasteiger partial charge on any atom is 0.251 e. The lowest BCUT2D eigenvalue weighted by Gasteiger charge is -2.37. The van der Waals surface area contributed by atoms with Crippen LogP contribution in [0.4, 0.5) is 29.2 Å². The highest BCUT2D eigenvalue weighted by molar-refractivity contribution is 5.95. The summed E-state index contributed by atoms with van der Waals surface area (Å²) in [6.07, 6.45) is 0.256. The monoisotopic (exact) mass is 739 g/mol. The van der Waals surface area contributed by atoms with Gasteiger partial charge in [-0.25, -0.2) is 0 Å². The molecule has 2 fully saturated rings. The largest absolute Gasteiger partial charge is 0.388 e. The predicted octanol–water partition coefficient (Wildman–Crippen LogP) is 0.900. The fraction of sp³-hybridized carbons (Fsp3) is 0.514. The number of nitrogens with two attached hydrogens (primary N) is 4. The molecule has 0 saturated carbocycles. The molecule has 0 bridgehead atoms. The van der Waals surface area contributed by atoms with Crippen LogP contribution in [-0.4, -0.2) is 113 Å². The number of likely N-dealkylation sites (N-methyl/N-ethyl adjacent to an activating group) is 1. The fourth-order valence-electron chi connectivity index (χ4n) is 6.47. The lowest BCUT2D eigenvalue weighted by atomic mass is 10.0. The molecule has 2 aromatic carbocycles. The van der Waals surface area contributed by atoms with Crippen molar-refractivity contribution in [3.05, 3.63) is 59.7 Å². The van der Waals surface area contributed by atoms with Crippen LogP contribution < -0.4 is 48.7 Å². The van der Waals surface area contributed by atoms with Gasteiger partial charge in [-0.1, -0.05) is 26.0 Å². The molecule has 2 saturated heterocycles.